The number of pyridine rings is 1. The Bertz CT molecular complexity index is 1060. The number of fused-ring (bicyclic) bond motifs is 1. The van der Waals surface area contributed by atoms with Crippen molar-refractivity contribution in [1.29, 1.82) is 0 Å². The molecule has 1 saturated heterocycles. The van der Waals surface area contributed by atoms with Gasteiger partial charge in [0.1, 0.15) is 17.6 Å². The van der Waals surface area contributed by atoms with Crippen LogP contribution in [0, 0.1) is 0 Å². The van der Waals surface area contributed by atoms with E-state index in [0.717, 1.165) is 24.8 Å². The van der Waals surface area contributed by atoms with Crippen LogP contribution in [0.2, 0.25) is 0 Å². The van der Waals surface area contributed by atoms with Crippen molar-refractivity contribution in [3.05, 3.63) is 64.1 Å². The number of aromatic nitrogens is 2. The molecule has 7 heteroatoms. The number of rotatable bonds is 3. The summed E-state index contributed by atoms with van der Waals surface area (Å²) in [5.74, 6) is -0.0606. The minimum Gasteiger partial charge on any atom is -0.336 e. The molecule has 138 valence electrons. The molecule has 1 aliphatic rings. The number of hydrogen-bond donors (Lipinski definition) is 1. The van der Waals surface area contributed by atoms with Gasteiger partial charge in [-0.1, -0.05) is 0 Å². The van der Waals surface area contributed by atoms with Gasteiger partial charge in [-0.25, -0.2) is 0 Å². The zero-order valence-corrected chi connectivity index (χ0v) is 15.0. The van der Waals surface area contributed by atoms with E-state index in [0.29, 0.717) is 35.7 Å². The zero-order chi connectivity index (χ0) is 19.0. The summed E-state index contributed by atoms with van der Waals surface area (Å²) in [6.07, 6.45) is 0.759. The van der Waals surface area contributed by atoms with Crippen LogP contribution < -0.4 is 5.56 Å². The maximum atomic E-state index is 12.8. The van der Waals surface area contributed by atoms with Crippen LogP contribution in [0.25, 0.3) is 16.7 Å². The van der Waals surface area contributed by atoms with Gasteiger partial charge in [0.25, 0.3) is 11.5 Å². The van der Waals surface area contributed by atoms with Gasteiger partial charge in [-0.05, 0) is 43.4 Å². The molecule has 27 heavy (non-hydrogen) atoms. The molecule has 1 fully saturated rings. The topological polar surface area (TPSA) is 78.4 Å². The monoisotopic (exact) mass is 364 g/mol. The third-order valence-corrected chi connectivity index (χ3v) is 4.98. The maximum Gasteiger partial charge on any atom is 0.270 e. The Morgan fingerprint density at radius 3 is 2.41 bits per heavy atom. The van der Waals surface area contributed by atoms with Crippen molar-refractivity contribution >= 4 is 23.2 Å². The fourth-order valence-corrected chi connectivity index (χ4v) is 3.37. The van der Waals surface area contributed by atoms with E-state index in [1.807, 2.05) is 11.9 Å². The number of benzene rings is 1. The fourth-order valence-electron chi connectivity index (χ4n) is 3.37. The molecule has 2 aromatic heterocycles. The fraction of sp³-hybridized carbons (Fsp3) is 0.250. The minimum absolute atomic E-state index is 0.0606. The Morgan fingerprint density at radius 1 is 1.04 bits per heavy atom. The van der Waals surface area contributed by atoms with E-state index in [1.54, 1.807) is 36.4 Å². The summed E-state index contributed by atoms with van der Waals surface area (Å²) >= 11 is 0. The number of carbonyl (C=O) groups excluding carboxylic acids is 2. The second-order valence-electron chi connectivity index (χ2n) is 6.80. The number of piperazine rings is 1. The molecule has 3 heterocycles. The predicted octanol–water partition coefficient (Wildman–Crippen LogP) is 1.52. The first-order chi connectivity index (χ1) is 13.1. The van der Waals surface area contributed by atoms with Crippen molar-refractivity contribution in [2.45, 2.75) is 0 Å². The molecular weight excluding hydrogens is 344 g/mol. The van der Waals surface area contributed by atoms with Gasteiger partial charge >= 0.3 is 0 Å². The van der Waals surface area contributed by atoms with Gasteiger partial charge < -0.3 is 14.8 Å². The Hall–Kier alpha value is -3.19. The standard InChI is InChI=1S/C20H20N4O3/c1-22-8-10-23(11-9-22)20(27)17-12-15-4-7-18(26)24(19(15)21-17)16-5-2-14(13-25)3-6-16/h2-7,12-13,21H,8-11H2,1H3. The van der Waals surface area contributed by atoms with Gasteiger partial charge in [-0.2, -0.15) is 0 Å². The number of likely N-dealkylation sites (N-methyl/N-ethyl adjacent to an activating group) is 1. The highest BCUT2D eigenvalue weighted by atomic mass is 16.2. The summed E-state index contributed by atoms with van der Waals surface area (Å²) in [6.45, 7) is 3.06. The molecule has 1 aromatic carbocycles. The Labute approximate surface area is 155 Å². The number of nitrogens with one attached hydrogen (secondary N) is 1. The van der Waals surface area contributed by atoms with Gasteiger partial charge in [-0.3, -0.25) is 19.0 Å². The molecule has 0 unspecified atom stereocenters. The molecular formula is C20H20N4O3. The zero-order valence-electron chi connectivity index (χ0n) is 15.0. The van der Waals surface area contributed by atoms with Gasteiger partial charge in [0.15, 0.2) is 0 Å². The Balaban J connectivity index is 1.75. The molecule has 0 aliphatic carbocycles. The predicted molar refractivity (Wildman–Crippen MR) is 103 cm³/mol. The summed E-state index contributed by atoms with van der Waals surface area (Å²) in [7, 11) is 2.04. The molecule has 1 amide bonds. The van der Waals surface area contributed by atoms with Crippen LogP contribution in [-0.4, -0.2) is 64.8 Å². The highest BCUT2D eigenvalue weighted by molar-refractivity contribution is 5.97. The molecule has 0 atom stereocenters. The third kappa shape index (κ3) is 3.17. The summed E-state index contributed by atoms with van der Waals surface area (Å²) in [6, 6.07) is 11.7. The molecule has 4 rings (SSSR count). The van der Waals surface area contributed by atoms with E-state index >= 15 is 0 Å². The van der Waals surface area contributed by atoms with Crippen LogP contribution in [0.3, 0.4) is 0 Å². The molecule has 1 aliphatic heterocycles. The summed E-state index contributed by atoms with van der Waals surface area (Å²) in [4.78, 5) is 43.3. The van der Waals surface area contributed by atoms with Crippen molar-refractivity contribution in [3.63, 3.8) is 0 Å². The number of H-pyrrole nitrogens is 1. The normalized spacial score (nSPS) is 15.2. The summed E-state index contributed by atoms with van der Waals surface area (Å²) in [5.41, 5.74) is 2.01. The van der Waals surface area contributed by atoms with Crippen LogP contribution in [-0.2, 0) is 0 Å². The Morgan fingerprint density at radius 2 is 1.74 bits per heavy atom. The first-order valence-corrected chi connectivity index (χ1v) is 8.85. The number of aromatic amines is 1. The average molecular weight is 364 g/mol. The molecule has 0 spiro atoms. The van der Waals surface area contributed by atoms with Crippen LogP contribution >= 0.6 is 0 Å². The van der Waals surface area contributed by atoms with E-state index in [4.69, 9.17) is 0 Å². The quantitative estimate of drug-likeness (QED) is 0.715. The lowest BCUT2D eigenvalue weighted by Gasteiger charge is -2.32. The van der Waals surface area contributed by atoms with Crippen molar-refractivity contribution in [1.82, 2.24) is 19.4 Å². The lowest BCUT2D eigenvalue weighted by Crippen LogP contribution is -2.47. The molecule has 1 N–H and O–H groups in total. The highest BCUT2D eigenvalue weighted by Gasteiger charge is 2.22. The molecule has 3 aromatic rings. The molecule has 7 nitrogen and oxygen atoms in total. The molecule has 0 radical (unpaired) electrons. The van der Waals surface area contributed by atoms with Gasteiger partial charge in [0, 0.05) is 43.2 Å². The Kier molecular flexibility index (Phi) is 4.37. The lowest BCUT2D eigenvalue weighted by atomic mass is 10.2. The minimum atomic E-state index is -0.207. The number of nitrogens with zero attached hydrogens (tertiary/aromatic N) is 3. The van der Waals surface area contributed by atoms with E-state index in [9.17, 15) is 14.4 Å². The average Bonchev–Trinajstić information content (AvgIpc) is 3.12. The first-order valence-electron chi connectivity index (χ1n) is 8.85. The second kappa shape index (κ2) is 6.85. The molecule has 0 saturated carbocycles. The van der Waals surface area contributed by atoms with Crippen molar-refractivity contribution in [2.75, 3.05) is 33.2 Å². The van der Waals surface area contributed by atoms with Gasteiger partial charge in [-0.15, -0.1) is 0 Å². The third-order valence-electron chi connectivity index (χ3n) is 4.98. The smallest absolute Gasteiger partial charge is 0.270 e. The second-order valence-corrected chi connectivity index (χ2v) is 6.80. The number of aldehydes is 1. The van der Waals surface area contributed by atoms with Crippen molar-refractivity contribution < 1.29 is 9.59 Å². The first kappa shape index (κ1) is 17.2. The van der Waals surface area contributed by atoms with E-state index in [1.165, 1.54) is 10.6 Å². The van der Waals surface area contributed by atoms with E-state index in [-0.39, 0.29) is 11.5 Å². The largest absolute Gasteiger partial charge is 0.336 e. The van der Waals surface area contributed by atoms with Gasteiger partial charge in [0.2, 0.25) is 0 Å². The van der Waals surface area contributed by atoms with Crippen LogP contribution in [0.15, 0.2) is 47.3 Å². The van der Waals surface area contributed by atoms with Crippen molar-refractivity contribution in [2.24, 2.45) is 0 Å². The summed E-state index contributed by atoms with van der Waals surface area (Å²) < 4.78 is 1.52. The number of carbonyl (C=O) groups is 2. The van der Waals surface area contributed by atoms with Crippen molar-refractivity contribution in [3.8, 4) is 5.69 Å². The molecule has 0 bridgehead atoms. The maximum absolute atomic E-state index is 12.8. The van der Waals surface area contributed by atoms with Crippen LogP contribution in [0.1, 0.15) is 20.8 Å². The SMILES string of the molecule is CN1CCN(C(=O)c2cc3ccc(=O)n(-c4ccc(C=O)cc4)c3[nH]2)CC1. The van der Waals surface area contributed by atoms with E-state index < -0.39 is 0 Å². The number of amides is 1. The lowest BCUT2D eigenvalue weighted by molar-refractivity contribution is 0.0659. The highest BCUT2D eigenvalue weighted by Crippen LogP contribution is 2.19. The van der Waals surface area contributed by atoms with E-state index in [2.05, 4.69) is 9.88 Å². The van der Waals surface area contributed by atoms with Crippen LogP contribution in [0.4, 0.5) is 0 Å². The van der Waals surface area contributed by atoms with Gasteiger partial charge in [0.05, 0.1) is 5.69 Å². The summed E-state index contributed by atoms with van der Waals surface area (Å²) in [5, 5.41) is 0.784. The van der Waals surface area contributed by atoms with Crippen LogP contribution in [0.5, 0.6) is 0 Å². The number of hydrogen-bond acceptors (Lipinski definition) is 4.